The zero-order valence-electron chi connectivity index (χ0n) is 9.38. The van der Waals surface area contributed by atoms with Crippen LogP contribution in [0.5, 0.6) is 0 Å². The van der Waals surface area contributed by atoms with Gasteiger partial charge in [0.2, 0.25) is 0 Å². The lowest BCUT2D eigenvalue weighted by atomic mass is 10.2. The lowest BCUT2D eigenvalue weighted by molar-refractivity contribution is 0.248. The highest BCUT2D eigenvalue weighted by molar-refractivity contribution is 5.78. The molecule has 5 heteroatoms. The van der Waals surface area contributed by atoms with Gasteiger partial charge >= 0.3 is 0 Å². The minimum absolute atomic E-state index is 0.183. The Morgan fingerprint density at radius 3 is 2.83 bits per heavy atom. The number of aliphatic hydroxyl groups is 1. The van der Waals surface area contributed by atoms with Crippen LogP contribution >= 0.6 is 0 Å². The molecule has 0 aliphatic rings. The number of rotatable bonds is 2. The number of para-hydroxylation sites is 1. The molecule has 0 saturated carbocycles. The van der Waals surface area contributed by atoms with Crippen LogP contribution in [0.4, 0.5) is 0 Å². The fourth-order valence-electron chi connectivity index (χ4n) is 1.79. The Morgan fingerprint density at radius 2 is 2.06 bits per heavy atom. The smallest absolute Gasteiger partial charge is 0.259 e. The Kier molecular flexibility index (Phi) is 2.46. The first-order chi connectivity index (χ1) is 8.78. The Hall–Kier alpha value is -2.40. The second-order valence-corrected chi connectivity index (χ2v) is 3.86. The van der Waals surface area contributed by atoms with Crippen LogP contribution in [0.2, 0.25) is 0 Å². The van der Waals surface area contributed by atoms with Crippen LogP contribution in [0.25, 0.3) is 22.5 Å². The van der Waals surface area contributed by atoms with E-state index in [9.17, 15) is 4.79 Å². The molecular formula is C13H10N2O3. The molecule has 2 N–H and O–H groups in total. The van der Waals surface area contributed by atoms with Gasteiger partial charge in [0, 0.05) is 0 Å². The minimum Gasteiger partial charge on any atom is -0.455 e. The van der Waals surface area contributed by atoms with Crippen molar-refractivity contribution in [1.29, 1.82) is 0 Å². The third kappa shape index (κ3) is 1.70. The predicted octanol–water partition coefficient (Wildman–Crippen LogP) is 1.68. The molecule has 90 valence electrons. The lowest BCUT2D eigenvalue weighted by Crippen LogP contribution is -2.08. The normalized spacial score (nSPS) is 10.9. The Morgan fingerprint density at radius 1 is 1.22 bits per heavy atom. The van der Waals surface area contributed by atoms with Crippen LogP contribution < -0.4 is 5.56 Å². The van der Waals surface area contributed by atoms with Crippen LogP contribution in [-0.2, 0) is 6.61 Å². The van der Waals surface area contributed by atoms with Gasteiger partial charge in [-0.1, -0.05) is 12.1 Å². The van der Waals surface area contributed by atoms with Crippen LogP contribution in [0.1, 0.15) is 5.76 Å². The maximum absolute atomic E-state index is 11.9. The number of benzene rings is 1. The number of nitrogens with zero attached hydrogens (tertiary/aromatic N) is 1. The van der Waals surface area contributed by atoms with E-state index in [4.69, 9.17) is 9.52 Å². The van der Waals surface area contributed by atoms with Gasteiger partial charge in [-0.25, -0.2) is 4.98 Å². The summed E-state index contributed by atoms with van der Waals surface area (Å²) in [4.78, 5) is 18.8. The molecule has 2 heterocycles. The first-order valence-electron chi connectivity index (χ1n) is 5.47. The third-order valence-corrected chi connectivity index (χ3v) is 2.66. The molecule has 0 aliphatic heterocycles. The zero-order chi connectivity index (χ0) is 12.5. The summed E-state index contributed by atoms with van der Waals surface area (Å²) in [7, 11) is 0. The molecule has 3 rings (SSSR count). The molecule has 2 aromatic heterocycles. The predicted molar refractivity (Wildman–Crippen MR) is 66.0 cm³/mol. The summed E-state index contributed by atoms with van der Waals surface area (Å²) in [6, 6.07) is 10.4. The summed E-state index contributed by atoms with van der Waals surface area (Å²) in [5.74, 6) is 1.22. The first-order valence-corrected chi connectivity index (χ1v) is 5.47. The number of nitrogens with one attached hydrogen (secondary N) is 1. The van der Waals surface area contributed by atoms with Crippen molar-refractivity contribution in [3.05, 3.63) is 52.5 Å². The molecule has 0 fully saturated rings. The van der Waals surface area contributed by atoms with E-state index in [0.29, 0.717) is 28.2 Å². The van der Waals surface area contributed by atoms with E-state index in [-0.39, 0.29) is 12.2 Å². The number of fused-ring (bicyclic) bond motifs is 1. The number of hydrogen-bond acceptors (Lipinski definition) is 4. The summed E-state index contributed by atoms with van der Waals surface area (Å²) >= 11 is 0. The Bertz CT molecular complexity index is 758. The fourth-order valence-corrected chi connectivity index (χ4v) is 1.79. The van der Waals surface area contributed by atoms with Crippen LogP contribution in [0, 0.1) is 0 Å². The van der Waals surface area contributed by atoms with Gasteiger partial charge in [-0.05, 0) is 24.3 Å². The Balaban J connectivity index is 2.21. The van der Waals surface area contributed by atoms with Gasteiger partial charge < -0.3 is 14.5 Å². The van der Waals surface area contributed by atoms with Crippen molar-refractivity contribution in [2.24, 2.45) is 0 Å². The summed E-state index contributed by atoms with van der Waals surface area (Å²) in [5.41, 5.74) is 0.399. The molecule has 0 aliphatic carbocycles. The van der Waals surface area contributed by atoms with Crippen molar-refractivity contribution >= 4 is 10.9 Å². The molecule has 18 heavy (non-hydrogen) atoms. The molecular weight excluding hydrogens is 232 g/mol. The third-order valence-electron chi connectivity index (χ3n) is 2.66. The van der Waals surface area contributed by atoms with Gasteiger partial charge in [-0.15, -0.1) is 0 Å². The highest BCUT2D eigenvalue weighted by atomic mass is 16.4. The number of aromatic amines is 1. The number of aliphatic hydroxyl groups excluding tert-OH is 1. The van der Waals surface area contributed by atoms with E-state index in [1.165, 1.54) is 0 Å². The zero-order valence-corrected chi connectivity index (χ0v) is 9.38. The number of furan rings is 1. The fraction of sp³-hybridized carbons (Fsp3) is 0.0769. The monoisotopic (exact) mass is 242 g/mol. The van der Waals surface area contributed by atoms with E-state index < -0.39 is 0 Å². The van der Waals surface area contributed by atoms with Crippen molar-refractivity contribution < 1.29 is 9.52 Å². The van der Waals surface area contributed by atoms with Crippen molar-refractivity contribution in [1.82, 2.24) is 9.97 Å². The van der Waals surface area contributed by atoms with Crippen molar-refractivity contribution in [2.75, 3.05) is 0 Å². The van der Waals surface area contributed by atoms with Gasteiger partial charge in [0.25, 0.3) is 5.56 Å². The second-order valence-electron chi connectivity index (χ2n) is 3.86. The van der Waals surface area contributed by atoms with Crippen molar-refractivity contribution in [3.63, 3.8) is 0 Å². The summed E-state index contributed by atoms with van der Waals surface area (Å²) in [6.45, 7) is -0.183. The molecule has 1 aromatic carbocycles. The van der Waals surface area contributed by atoms with Gasteiger partial charge in [0.1, 0.15) is 12.4 Å². The van der Waals surface area contributed by atoms with Gasteiger partial charge in [0.05, 0.1) is 10.9 Å². The summed E-state index contributed by atoms with van der Waals surface area (Å²) < 4.78 is 5.34. The quantitative estimate of drug-likeness (QED) is 0.716. The van der Waals surface area contributed by atoms with Gasteiger partial charge in [0.15, 0.2) is 11.6 Å². The van der Waals surface area contributed by atoms with Gasteiger partial charge in [-0.3, -0.25) is 4.79 Å². The van der Waals surface area contributed by atoms with Crippen molar-refractivity contribution in [2.45, 2.75) is 6.61 Å². The SMILES string of the molecule is O=c1[nH]c(-c2ccc(CO)o2)nc2ccccc12. The topological polar surface area (TPSA) is 79.1 Å². The largest absolute Gasteiger partial charge is 0.455 e. The number of aromatic nitrogens is 2. The minimum atomic E-state index is -0.211. The molecule has 0 spiro atoms. The number of H-pyrrole nitrogens is 1. The second kappa shape index (κ2) is 4.12. The molecule has 0 atom stereocenters. The Labute approximate surface area is 102 Å². The summed E-state index contributed by atoms with van der Waals surface area (Å²) in [6.07, 6.45) is 0. The van der Waals surface area contributed by atoms with E-state index in [0.717, 1.165) is 0 Å². The maximum atomic E-state index is 11.9. The maximum Gasteiger partial charge on any atom is 0.259 e. The van der Waals surface area contributed by atoms with Crippen molar-refractivity contribution in [3.8, 4) is 11.6 Å². The van der Waals surface area contributed by atoms with Crippen LogP contribution in [-0.4, -0.2) is 15.1 Å². The molecule has 5 nitrogen and oxygen atoms in total. The molecule has 0 radical (unpaired) electrons. The van der Waals surface area contributed by atoms with Gasteiger partial charge in [-0.2, -0.15) is 0 Å². The van der Waals surface area contributed by atoms with E-state index >= 15 is 0 Å². The highest BCUT2D eigenvalue weighted by Crippen LogP contribution is 2.19. The highest BCUT2D eigenvalue weighted by Gasteiger charge is 2.09. The molecule has 3 aromatic rings. The van der Waals surface area contributed by atoms with E-state index in [1.807, 2.05) is 6.07 Å². The van der Waals surface area contributed by atoms with Crippen LogP contribution in [0.3, 0.4) is 0 Å². The lowest BCUT2D eigenvalue weighted by Gasteiger charge is -1.99. The standard InChI is InChI=1S/C13H10N2O3/c16-7-8-5-6-11(18-8)12-14-10-4-2-1-3-9(10)13(17)15-12/h1-6,16H,7H2,(H,14,15,17). The molecule has 0 unspecified atom stereocenters. The van der Waals surface area contributed by atoms with E-state index in [2.05, 4.69) is 9.97 Å². The van der Waals surface area contributed by atoms with E-state index in [1.54, 1.807) is 30.3 Å². The first kappa shape index (κ1) is 10.7. The molecule has 0 amide bonds. The molecule has 0 bridgehead atoms. The number of hydrogen-bond donors (Lipinski definition) is 2. The average molecular weight is 242 g/mol. The molecule has 0 saturated heterocycles. The van der Waals surface area contributed by atoms with Crippen LogP contribution in [0.15, 0.2) is 45.6 Å². The summed E-state index contributed by atoms with van der Waals surface area (Å²) in [5, 5.41) is 9.48. The average Bonchev–Trinajstić information content (AvgIpc) is 2.87.